The van der Waals surface area contributed by atoms with Gasteiger partial charge in [-0.2, -0.15) is 0 Å². The van der Waals surface area contributed by atoms with E-state index in [1.807, 2.05) is 13.1 Å². The molecule has 3 heteroatoms. The molecule has 1 aliphatic rings. The molecule has 1 unspecified atom stereocenters. The van der Waals surface area contributed by atoms with Crippen molar-refractivity contribution in [2.75, 3.05) is 26.7 Å². The van der Waals surface area contributed by atoms with Crippen LogP contribution in [0.1, 0.15) is 50.1 Å². The van der Waals surface area contributed by atoms with Gasteiger partial charge in [-0.15, -0.1) is 0 Å². The van der Waals surface area contributed by atoms with Gasteiger partial charge in [-0.3, -0.25) is 0 Å². The van der Waals surface area contributed by atoms with Crippen molar-refractivity contribution in [2.24, 2.45) is 0 Å². The number of hydrogen-bond acceptors (Lipinski definition) is 2. The van der Waals surface area contributed by atoms with Crippen molar-refractivity contribution in [3.8, 4) is 0 Å². The second-order valence-electron chi connectivity index (χ2n) is 5.79. The summed E-state index contributed by atoms with van der Waals surface area (Å²) in [5.74, 6) is -0.144. The number of halogens is 1. The molecule has 0 spiro atoms. The number of benzene rings is 1. The van der Waals surface area contributed by atoms with Crippen LogP contribution in [-0.4, -0.2) is 31.6 Å². The third-order valence-electron chi connectivity index (χ3n) is 4.28. The number of hydrogen-bond donors (Lipinski definition) is 1. The van der Waals surface area contributed by atoms with Crippen LogP contribution < -0.4 is 5.32 Å². The van der Waals surface area contributed by atoms with Crippen LogP contribution in [0.2, 0.25) is 0 Å². The molecule has 0 aromatic heterocycles. The summed E-state index contributed by atoms with van der Waals surface area (Å²) in [6, 6.07) is 7.21. The minimum atomic E-state index is -0.144. The average Bonchev–Trinajstić information content (AvgIpc) is 2.41. The highest BCUT2D eigenvalue weighted by Crippen LogP contribution is 2.19. The SMILES string of the molecule is CNC(CCN1CCCCCCC1)c1cccc(F)c1. The predicted molar refractivity (Wildman–Crippen MR) is 82.3 cm³/mol. The third kappa shape index (κ3) is 4.88. The van der Waals surface area contributed by atoms with E-state index in [1.165, 1.54) is 51.3 Å². The molecule has 20 heavy (non-hydrogen) atoms. The van der Waals surface area contributed by atoms with Crippen molar-refractivity contribution in [3.63, 3.8) is 0 Å². The highest BCUT2D eigenvalue weighted by atomic mass is 19.1. The van der Waals surface area contributed by atoms with Crippen molar-refractivity contribution in [3.05, 3.63) is 35.6 Å². The molecule has 1 aromatic rings. The Morgan fingerprint density at radius 1 is 1.15 bits per heavy atom. The number of likely N-dealkylation sites (tertiary alicyclic amines) is 1. The summed E-state index contributed by atoms with van der Waals surface area (Å²) in [5.41, 5.74) is 1.06. The minimum Gasteiger partial charge on any atom is -0.313 e. The van der Waals surface area contributed by atoms with E-state index in [1.54, 1.807) is 12.1 Å². The highest BCUT2D eigenvalue weighted by molar-refractivity contribution is 5.20. The zero-order valence-corrected chi connectivity index (χ0v) is 12.6. The molecule has 1 aromatic carbocycles. The quantitative estimate of drug-likeness (QED) is 0.882. The first-order valence-electron chi connectivity index (χ1n) is 7.94. The second kappa shape index (κ2) is 8.38. The smallest absolute Gasteiger partial charge is 0.123 e. The lowest BCUT2D eigenvalue weighted by Crippen LogP contribution is -2.31. The van der Waals surface area contributed by atoms with Crippen LogP contribution in [0.3, 0.4) is 0 Å². The van der Waals surface area contributed by atoms with Gasteiger partial charge >= 0.3 is 0 Å². The Hall–Kier alpha value is -0.930. The van der Waals surface area contributed by atoms with Gasteiger partial charge in [0.1, 0.15) is 5.82 Å². The predicted octanol–water partition coefficient (Wildman–Crippen LogP) is 3.74. The Bertz CT molecular complexity index is 386. The molecule has 1 fully saturated rings. The van der Waals surface area contributed by atoms with Gasteiger partial charge in [-0.05, 0) is 63.6 Å². The maximum Gasteiger partial charge on any atom is 0.123 e. The summed E-state index contributed by atoms with van der Waals surface area (Å²) in [6.45, 7) is 3.54. The van der Waals surface area contributed by atoms with Crippen LogP contribution in [0, 0.1) is 5.82 Å². The van der Waals surface area contributed by atoms with Gasteiger partial charge in [0.05, 0.1) is 0 Å². The summed E-state index contributed by atoms with van der Waals surface area (Å²) in [5, 5.41) is 3.32. The van der Waals surface area contributed by atoms with Gasteiger partial charge in [-0.1, -0.05) is 31.4 Å². The molecule has 1 heterocycles. The summed E-state index contributed by atoms with van der Waals surface area (Å²) in [4.78, 5) is 2.57. The molecule has 1 saturated heterocycles. The molecule has 0 radical (unpaired) electrons. The molecule has 112 valence electrons. The molecule has 1 atom stereocenters. The topological polar surface area (TPSA) is 15.3 Å². The fraction of sp³-hybridized carbons (Fsp3) is 0.647. The molecule has 2 rings (SSSR count). The van der Waals surface area contributed by atoms with Crippen LogP contribution in [0.25, 0.3) is 0 Å². The average molecular weight is 278 g/mol. The van der Waals surface area contributed by atoms with Crippen molar-refractivity contribution in [1.29, 1.82) is 0 Å². The normalized spacial score (nSPS) is 19.3. The van der Waals surface area contributed by atoms with Gasteiger partial charge in [0.25, 0.3) is 0 Å². The van der Waals surface area contributed by atoms with Crippen LogP contribution >= 0.6 is 0 Å². The Morgan fingerprint density at radius 2 is 1.85 bits per heavy atom. The number of rotatable bonds is 5. The summed E-state index contributed by atoms with van der Waals surface area (Å²) < 4.78 is 13.3. The minimum absolute atomic E-state index is 0.144. The van der Waals surface area contributed by atoms with E-state index >= 15 is 0 Å². The number of nitrogens with zero attached hydrogens (tertiary/aromatic N) is 1. The van der Waals surface area contributed by atoms with E-state index in [2.05, 4.69) is 10.2 Å². The Labute approximate surface area is 122 Å². The van der Waals surface area contributed by atoms with E-state index in [0.29, 0.717) is 0 Å². The van der Waals surface area contributed by atoms with Crippen LogP contribution in [-0.2, 0) is 0 Å². The lowest BCUT2D eigenvalue weighted by molar-refractivity contribution is 0.235. The first-order chi connectivity index (χ1) is 9.79. The Balaban J connectivity index is 1.86. The fourth-order valence-corrected chi connectivity index (χ4v) is 3.05. The maximum atomic E-state index is 13.3. The standard InChI is InChI=1S/C17H27FN2/c1-19-17(15-8-7-9-16(18)14-15)10-13-20-11-5-3-2-4-6-12-20/h7-9,14,17,19H,2-6,10-13H2,1H3. The maximum absolute atomic E-state index is 13.3. The summed E-state index contributed by atoms with van der Waals surface area (Å²) in [7, 11) is 1.96. The monoisotopic (exact) mass is 278 g/mol. The lowest BCUT2D eigenvalue weighted by atomic mass is 10.0. The summed E-state index contributed by atoms with van der Waals surface area (Å²) >= 11 is 0. The van der Waals surface area contributed by atoms with Crippen molar-refractivity contribution in [1.82, 2.24) is 10.2 Å². The van der Waals surface area contributed by atoms with E-state index < -0.39 is 0 Å². The van der Waals surface area contributed by atoms with Gasteiger partial charge < -0.3 is 10.2 Å². The van der Waals surface area contributed by atoms with Gasteiger partial charge in [0, 0.05) is 6.04 Å². The van der Waals surface area contributed by atoms with Crippen molar-refractivity contribution >= 4 is 0 Å². The van der Waals surface area contributed by atoms with E-state index in [-0.39, 0.29) is 11.9 Å². The third-order valence-corrected chi connectivity index (χ3v) is 4.28. The van der Waals surface area contributed by atoms with E-state index in [4.69, 9.17) is 0 Å². The largest absolute Gasteiger partial charge is 0.313 e. The summed E-state index contributed by atoms with van der Waals surface area (Å²) in [6.07, 6.45) is 7.83. The second-order valence-corrected chi connectivity index (χ2v) is 5.79. The van der Waals surface area contributed by atoms with Crippen molar-refractivity contribution < 1.29 is 4.39 Å². The molecular weight excluding hydrogens is 251 g/mol. The molecule has 1 aliphatic heterocycles. The zero-order valence-electron chi connectivity index (χ0n) is 12.6. The molecule has 0 aliphatic carbocycles. The Kier molecular flexibility index (Phi) is 6.48. The first kappa shape index (κ1) is 15.5. The van der Waals surface area contributed by atoms with Gasteiger partial charge in [0.15, 0.2) is 0 Å². The van der Waals surface area contributed by atoms with Gasteiger partial charge in [0.2, 0.25) is 0 Å². The fourth-order valence-electron chi connectivity index (χ4n) is 3.05. The highest BCUT2D eigenvalue weighted by Gasteiger charge is 2.13. The molecule has 0 saturated carbocycles. The van der Waals surface area contributed by atoms with Crippen molar-refractivity contribution in [2.45, 2.75) is 44.6 Å². The van der Waals surface area contributed by atoms with Crippen LogP contribution in [0.5, 0.6) is 0 Å². The Morgan fingerprint density at radius 3 is 2.50 bits per heavy atom. The van der Waals surface area contributed by atoms with Crippen LogP contribution in [0.15, 0.2) is 24.3 Å². The molecular formula is C17H27FN2. The zero-order chi connectivity index (χ0) is 14.2. The molecule has 2 nitrogen and oxygen atoms in total. The van der Waals surface area contributed by atoms with E-state index in [9.17, 15) is 4.39 Å². The van der Waals surface area contributed by atoms with Gasteiger partial charge in [-0.25, -0.2) is 4.39 Å². The van der Waals surface area contributed by atoms with Crippen LogP contribution in [0.4, 0.5) is 4.39 Å². The molecule has 0 amide bonds. The molecule has 1 N–H and O–H groups in total. The number of nitrogens with one attached hydrogen (secondary N) is 1. The first-order valence-corrected chi connectivity index (χ1v) is 7.94. The van der Waals surface area contributed by atoms with E-state index in [0.717, 1.165) is 18.5 Å². The molecule has 0 bridgehead atoms. The lowest BCUT2D eigenvalue weighted by Gasteiger charge is -2.26.